The van der Waals surface area contributed by atoms with Gasteiger partial charge >= 0.3 is 0 Å². The minimum atomic E-state index is -0.542. The van der Waals surface area contributed by atoms with Crippen molar-refractivity contribution < 1.29 is 14.3 Å². The minimum Gasteiger partial charge on any atom is -0.490 e. The van der Waals surface area contributed by atoms with E-state index in [9.17, 15) is 10.1 Å². The third-order valence-corrected chi connectivity index (χ3v) is 4.82. The van der Waals surface area contributed by atoms with Gasteiger partial charge in [-0.15, -0.1) is 6.42 Å². The Bertz CT molecular complexity index is 1040. The molecule has 0 fully saturated rings. The molecule has 1 amide bonds. The van der Waals surface area contributed by atoms with E-state index in [1.165, 1.54) is 6.08 Å². The molecule has 0 aliphatic heterocycles. The monoisotopic (exact) mass is 472 g/mol. The molecule has 2 rings (SSSR count). The zero-order chi connectivity index (χ0) is 21.4. The predicted molar refractivity (Wildman–Crippen MR) is 118 cm³/mol. The van der Waals surface area contributed by atoms with Gasteiger partial charge in [-0.2, -0.15) is 5.26 Å². The first kappa shape index (κ1) is 22.4. The standard InChI is InChI=1S/C22H18BrClN2O3/c1-4-9-29-21-17(23)11-15(12-20(21)28-5-2)10-16(13-25)22(27)26-19-8-6-7-18(24)14(19)3/h1,6-8,10-12H,5,9H2,2-3H3,(H,26,27)/b16-10+. The van der Waals surface area contributed by atoms with Crippen LogP contribution in [-0.2, 0) is 4.79 Å². The lowest BCUT2D eigenvalue weighted by Gasteiger charge is -2.13. The highest BCUT2D eigenvalue weighted by atomic mass is 79.9. The van der Waals surface area contributed by atoms with Crippen LogP contribution in [0.3, 0.4) is 0 Å². The van der Waals surface area contributed by atoms with Gasteiger partial charge in [0.25, 0.3) is 5.91 Å². The second-order valence-electron chi connectivity index (χ2n) is 5.79. The molecule has 0 aliphatic carbocycles. The number of benzene rings is 2. The summed E-state index contributed by atoms with van der Waals surface area (Å²) in [4.78, 5) is 12.6. The third-order valence-electron chi connectivity index (χ3n) is 3.82. The molecule has 7 heteroatoms. The third kappa shape index (κ3) is 5.77. The average Bonchev–Trinajstić information content (AvgIpc) is 2.69. The summed E-state index contributed by atoms with van der Waals surface area (Å²) in [5.41, 5.74) is 1.77. The Morgan fingerprint density at radius 3 is 2.79 bits per heavy atom. The molecule has 5 nitrogen and oxygen atoms in total. The maximum atomic E-state index is 12.6. The Balaban J connectivity index is 2.36. The van der Waals surface area contributed by atoms with E-state index in [1.807, 2.05) is 13.0 Å². The summed E-state index contributed by atoms with van der Waals surface area (Å²) in [6, 6.07) is 10.5. The molecule has 0 saturated carbocycles. The molecule has 0 radical (unpaired) electrons. The van der Waals surface area contributed by atoms with E-state index in [-0.39, 0.29) is 12.2 Å². The van der Waals surface area contributed by atoms with E-state index < -0.39 is 5.91 Å². The molecule has 29 heavy (non-hydrogen) atoms. The maximum absolute atomic E-state index is 12.6. The first-order valence-electron chi connectivity index (χ1n) is 8.62. The number of nitrogens with zero attached hydrogens (tertiary/aromatic N) is 1. The van der Waals surface area contributed by atoms with Gasteiger partial charge in [0.2, 0.25) is 0 Å². The van der Waals surface area contributed by atoms with Gasteiger partial charge in [-0.1, -0.05) is 23.6 Å². The van der Waals surface area contributed by atoms with E-state index in [4.69, 9.17) is 27.5 Å². The number of amides is 1. The van der Waals surface area contributed by atoms with Crippen molar-refractivity contribution in [2.24, 2.45) is 0 Å². The van der Waals surface area contributed by atoms with Crippen LogP contribution in [-0.4, -0.2) is 19.1 Å². The molecule has 0 bridgehead atoms. The summed E-state index contributed by atoms with van der Waals surface area (Å²) in [6.07, 6.45) is 6.72. The molecule has 1 N–H and O–H groups in total. The topological polar surface area (TPSA) is 71.3 Å². The first-order valence-corrected chi connectivity index (χ1v) is 9.79. The Morgan fingerprint density at radius 1 is 1.38 bits per heavy atom. The van der Waals surface area contributed by atoms with Crippen molar-refractivity contribution in [3.05, 3.63) is 56.5 Å². The van der Waals surface area contributed by atoms with Crippen LogP contribution in [0, 0.1) is 30.6 Å². The Hall–Kier alpha value is -2.93. The van der Waals surface area contributed by atoms with E-state index in [1.54, 1.807) is 37.3 Å². The van der Waals surface area contributed by atoms with Gasteiger partial charge in [-0.25, -0.2) is 0 Å². The molecule has 2 aromatic carbocycles. The summed E-state index contributed by atoms with van der Waals surface area (Å²) in [7, 11) is 0. The number of hydrogen-bond donors (Lipinski definition) is 1. The largest absolute Gasteiger partial charge is 0.490 e. The number of nitriles is 1. The van der Waals surface area contributed by atoms with E-state index in [2.05, 4.69) is 27.2 Å². The molecule has 0 aromatic heterocycles. The lowest BCUT2D eigenvalue weighted by Crippen LogP contribution is -2.14. The number of halogens is 2. The van der Waals surface area contributed by atoms with Crippen molar-refractivity contribution >= 4 is 45.2 Å². The fraction of sp³-hybridized carbons (Fsp3) is 0.182. The van der Waals surface area contributed by atoms with Gasteiger partial charge in [0.05, 0.1) is 11.1 Å². The molecule has 0 unspecified atom stereocenters. The van der Waals surface area contributed by atoms with Crippen molar-refractivity contribution in [2.45, 2.75) is 13.8 Å². The van der Waals surface area contributed by atoms with Crippen molar-refractivity contribution in [2.75, 3.05) is 18.5 Å². The smallest absolute Gasteiger partial charge is 0.266 e. The fourth-order valence-electron chi connectivity index (χ4n) is 2.44. The van der Waals surface area contributed by atoms with Gasteiger partial charge < -0.3 is 14.8 Å². The number of nitrogens with one attached hydrogen (secondary N) is 1. The highest BCUT2D eigenvalue weighted by Gasteiger charge is 2.15. The fourth-order valence-corrected chi connectivity index (χ4v) is 3.18. The lowest BCUT2D eigenvalue weighted by atomic mass is 10.1. The van der Waals surface area contributed by atoms with Gasteiger partial charge in [-0.3, -0.25) is 4.79 Å². The average molecular weight is 474 g/mol. The molecular weight excluding hydrogens is 456 g/mol. The van der Waals surface area contributed by atoms with E-state index >= 15 is 0 Å². The second kappa shape index (κ2) is 10.6. The molecule has 148 valence electrons. The van der Waals surface area contributed by atoms with Crippen LogP contribution in [0.5, 0.6) is 11.5 Å². The highest BCUT2D eigenvalue weighted by Crippen LogP contribution is 2.37. The molecule has 0 aliphatic rings. The number of hydrogen-bond acceptors (Lipinski definition) is 4. The summed E-state index contributed by atoms with van der Waals surface area (Å²) < 4.78 is 11.7. The van der Waals surface area contributed by atoms with Crippen molar-refractivity contribution in [1.29, 1.82) is 5.26 Å². The zero-order valence-corrected chi connectivity index (χ0v) is 18.2. The second-order valence-corrected chi connectivity index (χ2v) is 7.05. The van der Waals surface area contributed by atoms with Crippen LogP contribution in [0.2, 0.25) is 5.02 Å². The first-order chi connectivity index (χ1) is 13.9. The summed E-state index contributed by atoms with van der Waals surface area (Å²) in [5, 5.41) is 12.7. The molecule has 0 spiro atoms. The van der Waals surface area contributed by atoms with Crippen LogP contribution >= 0.6 is 27.5 Å². The van der Waals surface area contributed by atoms with E-state index in [0.29, 0.717) is 38.9 Å². The molecule has 0 saturated heterocycles. The molecule has 0 atom stereocenters. The highest BCUT2D eigenvalue weighted by molar-refractivity contribution is 9.10. The lowest BCUT2D eigenvalue weighted by molar-refractivity contribution is -0.112. The number of ether oxygens (including phenoxy) is 2. The molecule has 0 heterocycles. The molecular formula is C22H18BrClN2O3. The number of carbonyl (C=O) groups excluding carboxylic acids is 1. The van der Waals surface area contributed by atoms with Crippen LogP contribution in [0.1, 0.15) is 18.1 Å². The number of anilines is 1. The minimum absolute atomic E-state index is 0.0731. The van der Waals surface area contributed by atoms with Gasteiger partial charge in [0, 0.05) is 10.7 Å². The zero-order valence-electron chi connectivity index (χ0n) is 15.9. The normalized spacial score (nSPS) is 10.6. The van der Waals surface area contributed by atoms with Gasteiger partial charge in [-0.05, 0) is 71.2 Å². The van der Waals surface area contributed by atoms with Crippen LogP contribution in [0.25, 0.3) is 6.08 Å². The number of rotatable bonds is 7. The van der Waals surface area contributed by atoms with E-state index in [0.717, 1.165) is 5.56 Å². The van der Waals surface area contributed by atoms with Crippen LogP contribution in [0.15, 0.2) is 40.4 Å². The maximum Gasteiger partial charge on any atom is 0.266 e. The van der Waals surface area contributed by atoms with Crippen molar-refractivity contribution in [3.8, 4) is 29.9 Å². The van der Waals surface area contributed by atoms with Crippen LogP contribution < -0.4 is 14.8 Å². The Morgan fingerprint density at radius 2 is 2.14 bits per heavy atom. The summed E-state index contributed by atoms with van der Waals surface area (Å²) >= 11 is 9.50. The van der Waals surface area contributed by atoms with Crippen LogP contribution in [0.4, 0.5) is 5.69 Å². The number of terminal acetylenes is 1. The SMILES string of the molecule is C#CCOc1c(Br)cc(/C=C(\C#N)C(=O)Nc2cccc(Cl)c2C)cc1OCC. The predicted octanol–water partition coefficient (Wildman–Crippen LogP) is 5.37. The Kier molecular flexibility index (Phi) is 8.15. The van der Waals surface area contributed by atoms with Crippen molar-refractivity contribution in [3.63, 3.8) is 0 Å². The quantitative estimate of drug-likeness (QED) is 0.333. The number of carbonyl (C=O) groups is 1. The Labute approximate surface area is 183 Å². The summed E-state index contributed by atoms with van der Waals surface area (Å²) in [6.45, 7) is 4.11. The van der Waals surface area contributed by atoms with Gasteiger partial charge in [0.15, 0.2) is 11.5 Å². The van der Waals surface area contributed by atoms with Crippen molar-refractivity contribution in [1.82, 2.24) is 0 Å². The molecule has 2 aromatic rings. The van der Waals surface area contributed by atoms with Gasteiger partial charge in [0.1, 0.15) is 18.2 Å². The summed E-state index contributed by atoms with van der Waals surface area (Å²) in [5.74, 6) is 2.77.